The summed E-state index contributed by atoms with van der Waals surface area (Å²) in [5.74, 6) is -1.83. The van der Waals surface area contributed by atoms with E-state index in [1.165, 1.54) is 39.3 Å². The van der Waals surface area contributed by atoms with Crippen molar-refractivity contribution >= 4 is 63.1 Å². The van der Waals surface area contributed by atoms with Crippen LogP contribution in [0.2, 0.25) is 0 Å². The molecule has 2 atom stereocenters. The first-order valence-electron chi connectivity index (χ1n) is 11.0. The van der Waals surface area contributed by atoms with Gasteiger partial charge >= 0.3 is 5.97 Å². The van der Waals surface area contributed by atoms with Crippen molar-refractivity contribution in [2.45, 2.75) is 49.7 Å². The van der Waals surface area contributed by atoms with E-state index in [-0.39, 0.29) is 28.3 Å². The lowest BCUT2D eigenvalue weighted by atomic mass is 10.0. The number of oxime groups is 1. The van der Waals surface area contributed by atoms with Crippen molar-refractivity contribution in [1.29, 1.82) is 0 Å². The number of carbonyl (C=O) groups excluding carboxylic acids is 2. The summed E-state index contributed by atoms with van der Waals surface area (Å²) in [7, 11) is 0. The number of fused-ring (bicyclic) bond motifs is 1. The van der Waals surface area contributed by atoms with E-state index in [1.54, 1.807) is 5.38 Å². The van der Waals surface area contributed by atoms with E-state index in [9.17, 15) is 19.5 Å². The summed E-state index contributed by atoms with van der Waals surface area (Å²) in [6.07, 6.45) is 5.61. The zero-order valence-electron chi connectivity index (χ0n) is 18.5. The van der Waals surface area contributed by atoms with E-state index in [2.05, 4.69) is 15.5 Å². The largest absolute Gasteiger partial charge is 0.477 e. The Bertz CT molecular complexity index is 1200. The van der Waals surface area contributed by atoms with Crippen LogP contribution >= 0.6 is 34.4 Å². The monoisotopic (exact) mass is 535 g/mol. The van der Waals surface area contributed by atoms with Gasteiger partial charge in [0.15, 0.2) is 23.6 Å². The molecule has 11 nitrogen and oxygen atoms in total. The third-order valence-corrected chi connectivity index (χ3v) is 8.70. The van der Waals surface area contributed by atoms with Gasteiger partial charge in [-0.05, 0) is 25.7 Å². The number of nitrogens with one attached hydrogen (secondary N) is 1. The SMILES string of the molecule is Nc1nc(/C(=N/OC2CCCC2)C(=O)N[C@@H]2C(=O)N3C(C(=O)O)=C(C[n+]4ccsc4)CS[C@H]23)cs1. The summed E-state index contributed by atoms with van der Waals surface area (Å²) in [4.78, 5) is 49.2. The Hall–Kier alpha value is -2.97. The fraction of sp³-hybridized carbons (Fsp3) is 0.429. The number of carbonyl (C=O) groups is 3. The second kappa shape index (κ2) is 9.95. The number of nitrogens with zero attached hydrogens (tertiary/aromatic N) is 4. The van der Waals surface area contributed by atoms with Crippen LogP contribution in [0.4, 0.5) is 5.13 Å². The number of thioether (sulfide) groups is 1. The second-order valence-corrected chi connectivity index (χ2v) is 11.1. The minimum absolute atomic E-state index is 0.0197. The number of carboxylic acids is 1. The van der Waals surface area contributed by atoms with Crippen molar-refractivity contribution in [2.75, 3.05) is 11.5 Å². The molecular formula is C21H23N6O5S3+. The number of aromatic nitrogens is 2. The third-order valence-electron chi connectivity index (χ3n) is 6.01. The number of nitrogens with two attached hydrogens (primary N) is 1. The molecule has 0 aromatic carbocycles. The van der Waals surface area contributed by atoms with Crippen LogP contribution in [0.5, 0.6) is 0 Å². The number of anilines is 1. The third kappa shape index (κ3) is 4.77. The van der Waals surface area contributed by atoms with Crippen LogP contribution in [-0.2, 0) is 25.8 Å². The van der Waals surface area contributed by atoms with E-state index in [0.29, 0.717) is 17.9 Å². The smallest absolute Gasteiger partial charge is 0.352 e. The van der Waals surface area contributed by atoms with Gasteiger partial charge in [0.05, 0.1) is 5.38 Å². The molecule has 2 aromatic heterocycles. The van der Waals surface area contributed by atoms with E-state index < -0.39 is 29.2 Å². The molecule has 1 aliphatic carbocycles. The molecule has 0 bridgehead atoms. The van der Waals surface area contributed by atoms with E-state index in [4.69, 9.17) is 10.6 Å². The van der Waals surface area contributed by atoms with Crippen LogP contribution in [0, 0.1) is 0 Å². The molecule has 0 unspecified atom stereocenters. The Morgan fingerprint density at radius 2 is 2.17 bits per heavy atom. The molecule has 3 aliphatic rings. The zero-order chi connectivity index (χ0) is 24.5. The molecule has 5 rings (SSSR count). The lowest BCUT2D eigenvalue weighted by molar-refractivity contribution is -0.684. The molecule has 35 heavy (non-hydrogen) atoms. The fourth-order valence-electron chi connectivity index (χ4n) is 4.31. The highest BCUT2D eigenvalue weighted by Crippen LogP contribution is 2.40. The molecule has 2 aromatic rings. The van der Waals surface area contributed by atoms with Crippen LogP contribution in [-0.4, -0.2) is 61.8 Å². The van der Waals surface area contributed by atoms with Gasteiger partial charge in [-0.3, -0.25) is 14.5 Å². The maximum atomic E-state index is 13.2. The molecule has 184 valence electrons. The van der Waals surface area contributed by atoms with Crippen molar-refractivity contribution in [3.63, 3.8) is 0 Å². The van der Waals surface area contributed by atoms with Crippen LogP contribution in [0.1, 0.15) is 31.4 Å². The van der Waals surface area contributed by atoms with E-state index in [1.807, 2.05) is 21.7 Å². The lowest BCUT2D eigenvalue weighted by Crippen LogP contribution is -2.71. The first-order chi connectivity index (χ1) is 16.9. The average molecular weight is 536 g/mol. The van der Waals surface area contributed by atoms with Gasteiger partial charge in [0.25, 0.3) is 11.8 Å². The number of β-lactam (4-membered cyclic amide) rings is 1. The average Bonchev–Trinajstić information content (AvgIpc) is 3.61. The van der Waals surface area contributed by atoms with Crippen LogP contribution in [0.25, 0.3) is 0 Å². The first-order valence-corrected chi connectivity index (χ1v) is 13.9. The van der Waals surface area contributed by atoms with Crippen molar-refractivity contribution in [1.82, 2.24) is 15.2 Å². The molecule has 4 N–H and O–H groups in total. The highest BCUT2D eigenvalue weighted by Gasteiger charge is 2.54. The Kier molecular flexibility index (Phi) is 6.75. The van der Waals surface area contributed by atoms with Crippen LogP contribution in [0.15, 0.2) is 38.9 Å². The quantitative estimate of drug-likeness (QED) is 0.197. The highest BCUT2D eigenvalue weighted by atomic mass is 32.2. The van der Waals surface area contributed by atoms with E-state index in [0.717, 1.165) is 25.7 Å². The number of amides is 2. The minimum Gasteiger partial charge on any atom is -0.477 e. The second-order valence-electron chi connectivity index (χ2n) is 8.34. The van der Waals surface area contributed by atoms with Gasteiger partial charge in [0.1, 0.15) is 28.9 Å². The maximum absolute atomic E-state index is 13.2. The predicted octanol–water partition coefficient (Wildman–Crippen LogP) is 1.18. The van der Waals surface area contributed by atoms with Gasteiger partial charge in [0.2, 0.25) is 5.51 Å². The summed E-state index contributed by atoms with van der Waals surface area (Å²) in [5, 5.41) is 19.9. The molecule has 1 saturated heterocycles. The number of hydrogen-bond donors (Lipinski definition) is 3. The summed E-state index contributed by atoms with van der Waals surface area (Å²) in [6.45, 7) is 0.381. The standard InChI is InChI=1S/C21H22N6O5S3/c22-21-23-13(9-35-21)14(25-32-12-3-1-2-4-12)17(28)24-15-18(29)27-16(20(30)31)11(8-34-19(15)27)7-26-5-6-33-10-26/h5-6,9-10,12,15,19H,1-4,7-8H2,(H3-,22,23,24,28,30,31)/p+1/b25-14-/t15-,19-/m1/s1. The lowest BCUT2D eigenvalue weighted by Gasteiger charge is -2.49. The molecule has 2 aliphatic heterocycles. The van der Waals surface area contributed by atoms with Crippen LogP contribution in [0.3, 0.4) is 0 Å². The molecule has 2 amide bonds. The molecule has 0 spiro atoms. The normalized spacial score (nSPS) is 22.7. The number of aliphatic carboxylic acids is 1. The highest BCUT2D eigenvalue weighted by molar-refractivity contribution is 8.00. The molecular weight excluding hydrogens is 512 g/mol. The predicted molar refractivity (Wildman–Crippen MR) is 131 cm³/mol. The van der Waals surface area contributed by atoms with E-state index >= 15 is 0 Å². The molecule has 4 heterocycles. The maximum Gasteiger partial charge on any atom is 0.352 e. The molecule has 1 saturated carbocycles. The Labute approximate surface area is 212 Å². The van der Waals surface area contributed by atoms with Crippen molar-refractivity contribution in [3.8, 4) is 0 Å². The first kappa shape index (κ1) is 23.8. The number of thiazole rings is 2. The zero-order valence-corrected chi connectivity index (χ0v) is 20.9. The number of carboxylic acid groups (broad SMARTS) is 1. The van der Waals surface area contributed by atoms with Crippen LogP contribution < -0.4 is 15.6 Å². The molecule has 2 fully saturated rings. The summed E-state index contributed by atoms with van der Waals surface area (Å²) >= 11 is 4.09. The van der Waals surface area contributed by atoms with Gasteiger partial charge < -0.3 is 21.0 Å². The van der Waals surface area contributed by atoms with Gasteiger partial charge in [-0.25, -0.2) is 9.78 Å². The van der Waals surface area contributed by atoms with Gasteiger partial charge in [-0.1, -0.05) is 16.5 Å². The Morgan fingerprint density at radius 1 is 1.37 bits per heavy atom. The minimum atomic E-state index is -1.16. The topological polar surface area (TPSA) is 151 Å². The van der Waals surface area contributed by atoms with Gasteiger partial charge in [0, 0.05) is 16.7 Å². The molecule has 0 radical (unpaired) electrons. The van der Waals surface area contributed by atoms with Crippen molar-refractivity contribution in [3.05, 3.63) is 39.4 Å². The van der Waals surface area contributed by atoms with Gasteiger partial charge in [-0.2, -0.15) is 4.57 Å². The summed E-state index contributed by atoms with van der Waals surface area (Å²) in [6, 6.07) is -0.884. The van der Waals surface area contributed by atoms with Crippen molar-refractivity contribution in [2.24, 2.45) is 5.16 Å². The van der Waals surface area contributed by atoms with Gasteiger partial charge in [-0.15, -0.1) is 23.1 Å². The Balaban J connectivity index is 1.33. The number of rotatable bonds is 8. The number of nitrogen functional groups attached to an aromatic ring is 1. The van der Waals surface area contributed by atoms with Crippen molar-refractivity contribution < 1.29 is 28.9 Å². The fourth-order valence-corrected chi connectivity index (χ4v) is 6.79. The Morgan fingerprint density at radius 3 is 2.83 bits per heavy atom. The molecule has 14 heteroatoms. The summed E-state index contributed by atoms with van der Waals surface area (Å²) in [5.41, 5.74) is 8.46. The summed E-state index contributed by atoms with van der Waals surface area (Å²) < 4.78 is 1.87. The number of hydrogen-bond acceptors (Lipinski definition) is 10.